The highest BCUT2D eigenvalue weighted by molar-refractivity contribution is 5.57. The Morgan fingerprint density at radius 1 is 0.793 bits per heavy atom. The molecule has 0 amide bonds. The normalized spacial score (nSPS) is 11.0. The summed E-state index contributed by atoms with van der Waals surface area (Å²) in [4.78, 5) is 0. The molecule has 0 radical (unpaired) electrons. The van der Waals surface area contributed by atoms with E-state index in [2.05, 4.69) is 48.9 Å². The highest BCUT2D eigenvalue weighted by atomic mass is 15.3. The molecule has 2 aromatic rings. The van der Waals surface area contributed by atoms with Crippen molar-refractivity contribution in [3.05, 3.63) is 55.0 Å². The number of aryl methyl sites for hydroxylation is 2. The lowest BCUT2D eigenvalue weighted by molar-refractivity contribution is -0.907. The Hall–Kier alpha value is -2.40. The van der Waals surface area contributed by atoms with E-state index in [-0.39, 0.29) is 7.43 Å². The Labute approximate surface area is 178 Å². The minimum Gasteiger partial charge on any atom is -0.399 e. The van der Waals surface area contributed by atoms with Gasteiger partial charge in [-0.3, -0.25) is 0 Å². The van der Waals surface area contributed by atoms with Gasteiger partial charge in [-0.05, 0) is 68.3 Å². The number of benzene rings is 2. The van der Waals surface area contributed by atoms with Gasteiger partial charge in [0.05, 0.1) is 26.7 Å². The first-order chi connectivity index (χ1) is 13.3. The molecule has 0 saturated carbocycles. The second-order valence-electron chi connectivity index (χ2n) is 8.09. The van der Waals surface area contributed by atoms with E-state index < -0.39 is 0 Å². The van der Waals surface area contributed by atoms with Crippen LogP contribution in [0.15, 0.2) is 36.4 Å². The zero-order valence-corrected chi connectivity index (χ0v) is 19.0. The number of hydrogen-bond donors (Lipinski definition) is 4. The van der Waals surface area contributed by atoms with Crippen molar-refractivity contribution < 1.29 is 4.48 Å². The molecule has 0 spiro atoms. The number of nitrogen functional groups attached to an aromatic ring is 2. The zero-order chi connectivity index (χ0) is 20.6. The Morgan fingerprint density at radius 3 is 1.55 bits per heavy atom. The molecule has 2 rings (SSSR count). The molecule has 6 N–H and O–H groups in total. The summed E-state index contributed by atoms with van der Waals surface area (Å²) in [6, 6.07) is 12.3. The Kier molecular flexibility index (Phi) is 9.83. The summed E-state index contributed by atoms with van der Waals surface area (Å²) in [7, 11) is 2.36. The van der Waals surface area contributed by atoms with Gasteiger partial charge in [0.2, 0.25) is 0 Å². The molecular weight excluding hydrogens is 358 g/mol. The third kappa shape index (κ3) is 7.86. The summed E-state index contributed by atoms with van der Waals surface area (Å²) < 4.78 is 1.10. The molecule has 0 heterocycles. The van der Waals surface area contributed by atoms with Gasteiger partial charge in [-0.15, -0.1) is 0 Å². The molecule has 0 aromatic heterocycles. The molecule has 29 heavy (non-hydrogen) atoms. The van der Waals surface area contributed by atoms with Crippen LogP contribution in [-0.4, -0.2) is 44.3 Å². The fourth-order valence-corrected chi connectivity index (χ4v) is 3.39. The van der Waals surface area contributed by atoms with Crippen molar-refractivity contribution >= 4 is 22.7 Å². The van der Waals surface area contributed by atoms with Crippen LogP contribution >= 0.6 is 0 Å². The molecule has 162 valence electrons. The van der Waals surface area contributed by atoms with E-state index in [1.807, 2.05) is 26.0 Å². The second kappa shape index (κ2) is 11.6. The van der Waals surface area contributed by atoms with E-state index in [1.54, 1.807) is 0 Å². The summed E-state index contributed by atoms with van der Waals surface area (Å²) in [5.74, 6) is 0. The van der Waals surface area contributed by atoms with Crippen molar-refractivity contribution in [3.63, 3.8) is 0 Å². The summed E-state index contributed by atoms with van der Waals surface area (Å²) in [6.45, 7) is 11.9. The highest BCUT2D eigenvalue weighted by Gasteiger charge is 2.17. The lowest BCUT2D eigenvalue weighted by Crippen LogP contribution is -2.46. The maximum absolute atomic E-state index is 5.89. The van der Waals surface area contributed by atoms with E-state index in [9.17, 15) is 0 Å². The van der Waals surface area contributed by atoms with Crippen molar-refractivity contribution in [1.29, 1.82) is 0 Å². The SMILES string of the molecule is CC[N+](C)(CCCNc1ccc(N)c(C)c1)CCCNc1ccc(N)c(C)c1.[CH3-]. The van der Waals surface area contributed by atoms with Gasteiger partial charge in [-0.1, -0.05) is 0 Å². The van der Waals surface area contributed by atoms with Crippen LogP contribution in [0.1, 0.15) is 30.9 Å². The number of nitrogens with zero attached hydrogens (tertiary/aromatic N) is 1. The topological polar surface area (TPSA) is 76.1 Å². The Balaban J connectivity index is 0.00000420. The molecule has 0 aliphatic rings. The van der Waals surface area contributed by atoms with Crippen LogP contribution in [0.2, 0.25) is 0 Å². The van der Waals surface area contributed by atoms with Gasteiger partial charge in [0.25, 0.3) is 0 Å². The average Bonchev–Trinajstić information content (AvgIpc) is 2.68. The maximum Gasteiger partial charge on any atom is 0.0801 e. The van der Waals surface area contributed by atoms with Crippen LogP contribution in [0.5, 0.6) is 0 Å². The predicted octanol–water partition coefficient (Wildman–Crippen LogP) is 4.69. The van der Waals surface area contributed by atoms with E-state index in [0.29, 0.717) is 0 Å². The molecule has 0 unspecified atom stereocenters. The highest BCUT2D eigenvalue weighted by Crippen LogP contribution is 2.18. The van der Waals surface area contributed by atoms with Crippen LogP contribution in [0, 0.1) is 21.3 Å². The smallest absolute Gasteiger partial charge is 0.0801 e. The summed E-state index contributed by atoms with van der Waals surface area (Å²) in [6.07, 6.45) is 2.30. The van der Waals surface area contributed by atoms with Gasteiger partial charge in [0.15, 0.2) is 0 Å². The number of hydrogen-bond acceptors (Lipinski definition) is 4. The molecule has 5 heteroatoms. The van der Waals surface area contributed by atoms with Gasteiger partial charge >= 0.3 is 0 Å². The number of nitrogens with two attached hydrogens (primary N) is 2. The summed E-state index contributed by atoms with van der Waals surface area (Å²) >= 11 is 0. The van der Waals surface area contributed by atoms with Gasteiger partial charge in [-0.25, -0.2) is 0 Å². The minimum atomic E-state index is 0. The van der Waals surface area contributed by atoms with Gasteiger partial charge < -0.3 is 34.0 Å². The first kappa shape index (κ1) is 24.6. The maximum atomic E-state index is 5.89. The number of nitrogens with one attached hydrogen (secondary N) is 2. The van der Waals surface area contributed by atoms with E-state index in [4.69, 9.17) is 11.5 Å². The van der Waals surface area contributed by atoms with Gasteiger partial charge in [0, 0.05) is 48.7 Å². The summed E-state index contributed by atoms with van der Waals surface area (Å²) in [5, 5.41) is 7.04. The molecule has 0 fully saturated rings. The predicted molar refractivity (Wildman–Crippen MR) is 130 cm³/mol. The quantitative estimate of drug-likeness (QED) is 0.191. The molecule has 0 bridgehead atoms. The molecule has 0 atom stereocenters. The van der Waals surface area contributed by atoms with Crippen LogP contribution in [0.4, 0.5) is 22.7 Å². The fourth-order valence-electron chi connectivity index (χ4n) is 3.39. The molecule has 0 aliphatic carbocycles. The summed E-state index contributed by atoms with van der Waals surface area (Å²) in [5.41, 5.74) is 18.0. The Bertz CT molecular complexity index is 697. The lowest BCUT2D eigenvalue weighted by Gasteiger charge is -2.33. The molecule has 0 aliphatic heterocycles. The van der Waals surface area contributed by atoms with Gasteiger partial charge in [-0.2, -0.15) is 0 Å². The number of quaternary nitrogens is 1. The number of rotatable bonds is 11. The van der Waals surface area contributed by atoms with Crippen molar-refractivity contribution in [2.75, 3.05) is 61.9 Å². The monoisotopic (exact) mass is 399 g/mol. The largest absolute Gasteiger partial charge is 0.399 e. The van der Waals surface area contributed by atoms with E-state index in [1.165, 1.54) is 13.1 Å². The second-order valence-corrected chi connectivity index (χ2v) is 8.09. The number of anilines is 4. The van der Waals surface area contributed by atoms with Crippen LogP contribution < -0.4 is 22.1 Å². The fraction of sp³-hybridized carbons (Fsp3) is 0.458. The Morgan fingerprint density at radius 2 is 1.21 bits per heavy atom. The molecule has 2 aromatic carbocycles. The van der Waals surface area contributed by atoms with Crippen molar-refractivity contribution in [2.45, 2.75) is 33.6 Å². The van der Waals surface area contributed by atoms with E-state index >= 15 is 0 Å². The standard InChI is InChI=1S/C23H38N5.CH3/c1-5-28(4,14-6-12-26-20-8-10-22(24)18(2)16-20)15-7-13-27-21-9-11-23(25)19(3)17-21;/h8-11,16-17,26-27H,5-7,12-15,24-25H2,1-4H3;1H3/q+1;-1. The van der Waals surface area contributed by atoms with Gasteiger partial charge in [0.1, 0.15) is 0 Å². The minimum absolute atomic E-state index is 0. The third-order valence-corrected chi connectivity index (χ3v) is 5.71. The van der Waals surface area contributed by atoms with Crippen LogP contribution in [-0.2, 0) is 0 Å². The van der Waals surface area contributed by atoms with Crippen molar-refractivity contribution in [2.24, 2.45) is 0 Å². The first-order valence-electron chi connectivity index (χ1n) is 10.4. The van der Waals surface area contributed by atoms with E-state index in [0.717, 1.165) is 70.8 Å². The van der Waals surface area contributed by atoms with Crippen LogP contribution in [0.3, 0.4) is 0 Å². The van der Waals surface area contributed by atoms with Crippen molar-refractivity contribution in [1.82, 2.24) is 0 Å². The van der Waals surface area contributed by atoms with Crippen molar-refractivity contribution in [3.8, 4) is 0 Å². The third-order valence-electron chi connectivity index (χ3n) is 5.71. The molecule has 5 nitrogen and oxygen atoms in total. The first-order valence-corrected chi connectivity index (χ1v) is 10.4. The average molecular weight is 400 g/mol. The van der Waals surface area contributed by atoms with Crippen LogP contribution in [0.25, 0.3) is 0 Å². The molecular formula is C24H41N5. The lowest BCUT2D eigenvalue weighted by atomic mass is 10.2. The molecule has 0 saturated heterocycles. The zero-order valence-electron chi connectivity index (χ0n) is 19.0.